The monoisotopic (exact) mass is 297 g/mol. The summed E-state index contributed by atoms with van der Waals surface area (Å²) >= 11 is 0. The normalized spacial score (nSPS) is 14.0. The van der Waals surface area contributed by atoms with Gasteiger partial charge in [0.25, 0.3) is 0 Å². The van der Waals surface area contributed by atoms with E-state index in [1.165, 1.54) is 0 Å². The summed E-state index contributed by atoms with van der Waals surface area (Å²) in [5, 5.41) is 13.3. The lowest BCUT2D eigenvalue weighted by Gasteiger charge is -2.23. The third kappa shape index (κ3) is 6.33. The van der Waals surface area contributed by atoms with Crippen molar-refractivity contribution < 1.29 is 19.3 Å². The highest BCUT2D eigenvalue weighted by Gasteiger charge is 2.15. The van der Waals surface area contributed by atoms with Gasteiger partial charge in [-0.05, 0) is 18.1 Å². The third-order valence-corrected chi connectivity index (χ3v) is 3.27. The lowest BCUT2D eigenvalue weighted by atomic mass is 10.1. The van der Waals surface area contributed by atoms with Crippen LogP contribution in [0.15, 0.2) is 24.3 Å². The molecule has 0 spiro atoms. The van der Waals surface area contributed by atoms with Crippen molar-refractivity contribution in [3.63, 3.8) is 0 Å². The number of aliphatic hydroxyl groups is 1. The van der Waals surface area contributed by atoms with Gasteiger partial charge in [-0.3, -0.25) is 0 Å². The van der Waals surface area contributed by atoms with Gasteiger partial charge in [0, 0.05) is 19.7 Å². The SMILES string of the molecule is COCC(NCC(O)COc1ccccc1OC)C(C)C. The van der Waals surface area contributed by atoms with E-state index in [0.29, 0.717) is 30.6 Å². The summed E-state index contributed by atoms with van der Waals surface area (Å²) in [6.07, 6.45) is -0.590. The predicted octanol–water partition coefficient (Wildman–Crippen LogP) is 1.70. The molecule has 0 saturated heterocycles. The Morgan fingerprint density at radius 2 is 1.76 bits per heavy atom. The Labute approximate surface area is 127 Å². The van der Waals surface area contributed by atoms with E-state index in [0.717, 1.165) is 0 Å². The molecule has 1 aromatic carbocycles. The summed E-state index contributed by atoms with van der Waals surface area (Å²) in [6, 6.07) is 7.61. The van der Waals surface area contributed by atoms with E-state index in [4.69, 9.17) is 14.2 Å². The summed E-state index contributed by atoms with van der Waals surface area (Å²) < 4.78 is 16.0. The van der Waals surface area contributed by atoms with Crippen LogP contribution >= 0.6 is 0 Å². The maximum atomic E-state index is 10.0. The first-order chi connectivity index (χ1) is 10.1. The molecule has 5 heteroatoms. The molecular weight excluding hydrogens is 270 g/mol. The van der Waals surface area contributed by atoms with E-state index < -0.39 is 6.10 Å². The van der Waals surface area contributed by atoms with Gasteiger partial charge in [-0.25, -0.2) is 0 Å². The van der Waals surface area contributed by atoms with Crippen molar-refractivity contribution in [3.05, 3.63) is 24.3 Å². The number of benzene rings is 1. The predicted molar refractivity (Wildman–Crippen MR) is 83.0 cm³/mol. The smallest absolute Gasteiger partial charge is 0.161 e. The average Bonchev–Trinajstić information content (AvgIpc) is 2.49. The molecule has 0 aliphatic rings. The van der Waals surface area contributed by atoms with E-state index in [-0.39, 0.29) is 12.6 Å². The van der Waals surface area contributed by atoms with Crippen LogP contribution in [0.1, 0.15) is 13.8 Å². The van der Waals surface area contributed by atoms with Crippen molar-refractivity contribution in [1.29, 1.82) is 0 Å². The largest absolute Gasteiger partial charge is 0.493 e. The number of hydrogen-bond acceptors (Lipinski definition) is 5. The van der Waals surface area contributed by atoms with E-state index in [1.54, 1.807) is 14.2 Å². The zero-order valence-corrected chi connectivity index (χ0v) is 13.3. The van der Waals surface area contributed by atoms with Crippen LogP contribution in [0.25, 0.3) is 0 Å². The molecule has 2 atom stereocenters. The minimum Gasteiger partial charge on any atom is -0.493 e. The van der Waals surface area contributed by atoms with Crippen molar-refractivity contribution >= 4 is 0 Å². The Morgan fingerprint density at radius 1 is 1.10 bits per heavy atom. The second kappa shape index (κ2) is 9.60. The molecule has 0 aliphatic carbocycles. The highest BCUT2D eigenvalue weighted by Crippen LogP contribution is 2.25. The molecule has 0 fully saturated rings. The molecule has 1 rings (SSSR count). The van der Waals surface area contributed by atoms with E-state index in [2.05, 4.69) is 19.2 Å². The van der Waals surface area contributed by atoms with Crippen molar-refractivity contribution in [2.24, 2.45) is 5.92 Å². The molecule has 5 nitrogen and oxygen atoms in total. The molecular formula is C16H27NO4. The molecule has 1 aromatic rings. The van der Waals surface area contributed by atoms with Gasteiger partial charge in [0.15, 0.2) is 11.5 Å². The van der Waals surface area contributed by atoms with Crippen molar-refractivity contribution in [2.75, 3.05) is 34.0 Å². The Hall–Kier alpha value is -1.30. The second-order valence-electron chi connectivity index (χ2n) is 5.33. The molecule has 0 amide bonds. The second-order valence-corrected chi connectivity index (χ2v) is 5.33. The topological polar surface area (TPSA) is 60.0 Å². The number of methoxy groups -OCH3 is 2. The highest BCUT2D eigenvalue weighted by atomic mass is 16.5. The Balaban J connectivity index is 2.38. The van der Waals surface area contributed by atoms with Crippen LogP contribution in [-0.4, -0.2) is 51.2 Å². The summed E-state index contributed by atoms with van der Waals surface area (Å²) in [4.78, 5) is 0. The van der Waals surface area contributed by atoms with Crippen LogP contribution in [0.3, 0.4) is 0 Å². The quantitative estimate of drug-likeness (QED) is 0.688. The Kier molecular flexibility index (Phi) is 8.12. The first kappa shape index (κ1) is 17.8. The van der Waals surface area contributed by atoms with Crippen molar-refractivity contribution in [1.82, 2.24) is 5.32 Å². The fraction of sp³-hybridized carbons (Fsp3) is 0.625. The minimum absolute atomic E-state index is 0.213. The number of ether oxygens (including phenoxy) is 3. The average molecular weight is 297 g/mol. The first-order valence-electron chi connectivity index (χ1n) is 7.24. The fourth-order valence-electron chi connectivity index (χ4n) is 1.94. The standard InChI is InChI=1S/C16H27NO4/c1-12(2)14(11-19-3)17-9-13(18)10-21-16-8-6-5-7-15(16)20-4/h5-8,12-14,17-18H,9-11H2,1-4H3. The molecule has 2 N–H and O–H groups in total. The van der Waals surface area contributed by atoms with Crippen molar-refractivity contribution in [2.45, 2.75) is 26.0 Å². The zero-order valence-electron chi connectivity index (χ0n) is 13.3. The number of aliphatic hydroxyl groups excluding tert-OH is 1. The van der Waals surface area contributed by atoms with Gasteiger partial charge >= 0.3 is 0 Å². The molecule has 0 radical (unpaired) electrons. The van der Waals surface area contributed by atoms with Crippen LogP contribution in [0.2, 0.25) is 0 Å². The molecule has 2 unspecified atom stereocenters. The third-order valence-electron chi connectivity index (χ3n) is 3.27. The minimum atomic E-state index is -0.590. The van der Waals surface area contributed by atoms with Crippen LogP contribution in [-0.2, 0) is 4.74 Å². The molecule has 120 valence electrons. The number of nitrogens with one attached hydrogen (secondary N) is 1. The fourth-order valence-corrected chi connectivity index (χ4v) is 1.94. The van der Waals surface area contributed by atoms with Crippen molar-refractivity contribution in [3.8, 4) is 11.5 Å². The summed E-state index contributed by atoms with van der Waals surface area (Å²) in [6.45, 7) is 5.53. The summed E-state index contributed by atoms with van der Waals surface area (Å²) in [5.41, 5.74) is 0. The van der Waals surface area contributed by atoms with Crippen LogP contribution in [0.5, 0.6) is 11.5 Å². The van der Waals surface area contributed by atoms with E-state index >= 15 is 0 Å². The van der Waals surface area contributed by atoms with Crippen LogP contribution in [0.4, 0.5) is 0 Å². The Morgan fingerprint density at radius 3 is 2.33 bits per heavy atom. The Bertz CT molecular complexity index is 398. The van der Waals surface area contributed by atoms with Gasteiger partial charge in [-0.2, -0.15) is 0 Å². The molecule has 21 heavy (non-hydrogen) atoms. The molecule has 0 heterocycles. The van der Waals surface area contributed by atoms with Gasteiger partial charge in [0.05, 0.1) is 13.7 Å². The molecule has 0 aromatic heterocycles. The van der Waals surface area contributed by atoms with E-state index in [9.17, 15) is 5.11 Å². The maximum Gasteiger partial charge on any atom is 0.161 e. The van der Waals surface area contributed by atoms with Crippen LogP contribution in [0, 0.1) is 5.92 Å². The van der Waals surface area contributed by atoms with Gasteiger partial charge < -0.3 is 24.6 Å². The summed E-state index contributed by atoms with van der Waals surface area (Å²) in [5.74, 6) is 1.74. The number of para-hydroxylation sites is 2. The lowest BCUT2D eigenvalue weighted by Crippen LogP contribution is -2.43. The lowest BCUT2D eigenvalue weighted by molar-refractivity contribution is 0.0890. The molecule has 0 aliphatic heterocycles. The number of hydrogen-bond donors (Lipinski definition) is 2. The zero-order chi connectivity index (χ0) is 15.7. The van der Waals surface area contributed by atoms with Gasteiger partial charge in [0.1, 0.15) is 12.7 Å². The number of rotatable bonds is 10. The van der Waals surface area contributed by atoms with Gasteiger partial charge in [-0.1, -0.05) is 26.0 Å². The summed E-state index contributed by atoms with van der Waals surface area (Å²) in [7, 11) is 3.27. The van der Waals surface area contributed by atoms with Crippen LogP contribution < -0.4 is 14.8 Å². The van der Waals surface area contributed by atoms with E-state index in [1.807, 2.05) is 24.3 Å². The van der Waals surface area contributed by atoms with Gasteiger partial charge in [-0.15, -0.1) is 0 Å². The molecule has 0 bridgehead atoms. The maximum absolute atomic E-state index is 10.0. The molecule has 0 saturated carbocycles. The highest BCUT2D eigenvalue weighted by molar-refractivity contribution is 5.39. The van der Waals surface area contributed by atoms with Gasteiger partial charge in [0.2, 0.25) is 0 Å². The first-order valence-corrected chi connectivity index (χ1v) is 7.24.